The van der Waals surface area contributed by atoms with Crippen LogP contribution in [0.4, 0.5) is 0 Å². The van der Waals surface area contributed by atoms with Crippen LogP contribution < -0.4 is 5.32 Å². The molecular formula is C14H19N3O. The fourth-order valence-corrected chi connectivity index (χ4v) is 1.92. The van der Waals surface area contributed by atoms with Crippen LogP contribution in [-0.2, 0) is 18.4 Å². The zero-order valence-electron chi connectivity index (χ0n) is 10.9. The first-order chi connectivity index (χ1) is 8.70. The standard InChI is InChI=1S/C14H19N3O/c1-3-4-5-14(18)15-9-11-6-7-13-12(8-11)16-10-17(13)2/h6-8,10H,3-5,9H2,1-2H3,(H,15,18). The molecule has 96 valence electrons. The summed E-state index contributed by atoms with van der Waals surface area (Å²) in [6.07, 6.45) is 4.41. The number of imidazole rings is 1. The molecule has 0 saturated carbocycles. The van der Waals surface area contributed by atoms with Gasteiger partial charge in [-0.1, -0.05) is 19.4 Å². The van der Waals surface area contributed by atoms with Crippen LogP contribution in [0.1, 0.15) is 31.7 Å². The Hall–Kier alpha value is -1.84. The molecule has 4 heteroatoms. The van der Waals surface area contributed by atoms with Crippen LogP contribution in [0.5, 0.6) is 0 Å². The van der Waals surface area contributed by atoms with E-state index < -0.39 is 0 Å². The molecule has 1 heterocycles. The fourth-order valence-electron chi connectivity index (χ4n) is 1.92. The van der Waals surface area contributed by atoms with Gasteiger partial charge in [0.05, 0.1) is 17.4 Å². The minimum atomic E-state index is 0.123. The Balaban J connectivity index is 1.97. The molecule has 0 aliphatic heterocycles. The monoisotopic (exact) mass is 245 g/mol. The average Bonchev–Trinajstić information content (AvgIpc) is 2.75. The second kappa shape index (κ2) is 5.67. The van der Waals surface area contributed by atoms with E-state index in [9.17, 15) is 4.79 Å². The highest BCUT2D eigenvalue weighted by Gasteiger charge is 2.03. The predicted molar refractivity (Wildman–Crippen MR) is 72.1 cm³/mol. The molecule has 1 aromatic carbocycles. The lowest BCUT2D eigenvalue weighted by molar-refractivity contribution is -0.121. The van der Waals surface area contributed by atoms with Crippen LogP contribution in [0.25, 0.3) is 11.0 Å². The Kier molecular flexibility index (Phi) is 3.97. The van der Waals surface area contributed by atoms with Gasteiger partial charge < -0.3 is 9.88 Å². The van der Waals surface area contributed by atoms with E-state index in [-0.39, 0.29) is 5.91 Å². The highest BCUT2D eigenvalue weighted by Crippen LogP contribution is 2.13. The van der Waals surface area contributed by atoms with Crippen molar-refractivity contribution in [3.05, 3.63) is 30.1 Å². The molecule has 1 N–H and O–H groups in total. The maximum Gasteiger partial charge on any atom is 0.220 e. The number of amides is 1. The minimum Gasteiger partial charge on any atom is -0.352 e. The molecule has 0 bridgehead atoms. The van der Waals surface area contributed by atoms with Crippen LogP contribution >= 0.6 is 0 Å². The molecule has 0 unspecified atom stereocenters. The smallest absolute Gasteiger partial charge is 0.220 e. The largest absolute Gasteiger partial charge is 0.352 e. The summed E-state index contributed by atoms with van der Waals surface area (Å²) in [6, 6.07) is 6.09. The van der Waals surface area contributed by atoms with Crippen LogP contribution in [0, 0.1) is 0 Å². The number of aromatic nitrogens is 2. The van der Waals surface area contributed by atoms with Gasteiger partial charge in [-0.2, -0.15) is 0 Å². The summed E-state index contributed by atoms with van der Waals surface area (Å²) in [5.41, 5.74) is 3.17. The molecule has 0 radical (unpaired) electrons. The van der Waals surface area contributed by atoms with Gasteiger partial charge in [0.2, 0.25) is 5.91 Å². The Morgan fingerprint density at radius 1 is 1.44 bits per heavy atom. The van der Waals surface area contributed by atoms with Crippen molar-refractivity contribution in [1.82, 2.24) is 14.9 Å². The van der Waals surface area contributed by atoms with Gasteiger partial charge in [0.15, 0.2) is 0 Å². The van der Waals surface area contributed by atoms with Crippen molar-refractivity contribution in [3.8, 4) is 0 Å². The number of carbonyl (C=O) groups excluding carboxylic acids is 1. The van der Waals surface area contributed by atoms with E-state index in [1.165, 1.54) is 0 Å². The van der Waals surface area contributed by atoms with Crippen molar-refractivity contribution >= 4 is 16.9 Å². The summed E-state index contributed by atoms with van der Waals surface area (Å²) < 4.78 is 1.99. The molecule has 0 atom stereocenters. The summed E-state index contributed by atoms with van der Waals surface area (Å²) in [5, 5.41) is 2.93. The van der Waals surface area contributed by atoms with Crippen molar-refractivity contribution < 1.29 is 4.79 Å². The van der Waals surface area contributed by atoms with Gasteiger partial charge >= 0.3 is 0 Å². The molecular weight excluding hydrogens is 226 g/mol. The third kappa shape index (κ3) is 2.88. The Labute approximate surface area is 107 Å². The van der Waals surface area contributed by atoms with Crippen molar-refractivity contribution in [2.45, 2.75) is 32.7 Å². The molecule has 0 aliphatic rings. The van der Waals surface area contributed by atoms with Crippen LogP contribution in [0.15, 0.2) is 24.5 Å². The van der Waals surface area contributed by atoms with Gasteiger partial charge in [0.1, 0.15) is 0 Å². The van der Waals surface area contributed by atoms with Crippen molar-refractivity contribution in [3.63, 3.8) is 0 Å². The maximum atomic E-state index is 11.5. The first kappa shape index (κ1) is 12.6. The van der Waals surface area contributed by atoms with Crippen molar-refractivity contribution in [2.24, 2.45) is 7.05 Å². The normalized spacial score (nSPS) is 10.8. The van der Waals surface area contributed by atoms with Crippen LogP contribution in [0.3, 0.4) is 0 Å². The molecule has 2 rings (SSSR count). The molecule has 0 saturated heterocycles. The molecule has 0 spiro atoms. The van der Waals surface area contributed by atoms with Gasteiger partial charge in [-0.15, -0.1) is 0 Å². The number of unbranched alkanes of at least 4 members (excludes halogenated alkanes) is 1. The molecule has 0 aliphatic carbocycles. The van der Waals surface area contributed by atoms with Gasteiger partial charge in [-0.3, -0.25) is 4.79 Å². The highest BCUT2D eigenvalue weighted by atomic mass is 16.1. The summed E-state index contributed by atoms with van der Waals surface area (Å²) >= 11 is 0. The van der Waals surface area contributed by atoms with E-state index in [0.717, 1.165) is 29.4 Å². The number of hydrogen-bond acceptors (Lipinski definition) is 2. The predicted octanol–water partition coefficient (Wildman–Crippen LogP) is 2.38. The molecule has 18 heavy (non-hydrogen) atoms. The number of hydrogen-bond donors (Lipinski definition) is 1. The number of benzene rings is 1. The van der Waals surface area contributed by atoms with Gasteiger partial charge in [-0.05, 0) is 24.1 Å². The summed E-state index contributed by atoms with van der Waals surface area (Å²) in [6.45, 7) is 2.66. The van der Waals surface area contributed by atoms with E-state index in [0.29, 0.717) is 13.0 Å². The SMILES string of the molecule is CCCCC(=O)NCc1ccc2c(c1)ncn2C. The van der Waals surface area contributed by atoms with Crippen LogP contribution in [0.2, 0.25) is 0 Å². The second-order valence-electron chi connectivity index (χ2n) is 4.56. The van der Waals surface area contributed by atoms with E-state index in [2.05, 4.69) is 17.2 Å². The highest BCUT2D eigenvalue weighted by molar-refractivity contribution is 5.77. The number of nitrogens with zero attached hydrogens (tertiary/aromatic N) is 2. The number of fused-ring (bicyclic) bond motifs is 1. The lowest BCUT2D eigenvalue weighted by Gasteiger charge is -2.05. The summed E-state index contributed by atoms with van der Waals surface area (Å²) in [4.78, 5) is 15.8. The van der Waals surface area contributed by atoms with E-state index >= 15 is 0 Å². The zero-order valence-corrected chi connectivity index (χ0v) is 10.9. The molecule has 1 amide bonds. The van der Waals surface area contributed by atoms with E-state index in [1.54, 1.807) is 6.33 Å². The van der Waals surface area contributed by atoms with Gasteiger partial charge in [0, 0.05) is 20.0 Å². The topological polar surface area (TPSA) is 46.9 Å². The molecule has 4 nitrogen and oxygen atoms in total. The Bertz CT molecular complexity index is 545. The van der Waals surface area contributed by atoms with E-state index in [1.807, 2.05) is 29.8 Å². The fraction of sp³-hybridized carbons (Fsp3) is 0.429. The first-order valence-corrected chi connectivity index (χ1v) is 6.37. The third-order valence-electron chi connectivity index (χ3n) is 3.04. The molecule has 1 aromatic heterocycles. The third-order valence-corrected chi connectivity index (χ3v) is 3.04. The minimum absolute atomic E-state index is 0.123. The van der Waals surface area contributed by atoms with Crippen LogP contribution in [-0.4, -0.2) is 15.5 Å². The first-order valence-electron chi connectivity index (χ1n) is 6.37. The van der Waals surface area contributed by atoms with Gasteiger partial charge in [-0.25, -0.2) is 4.98 Å². The zero-order chi connectivity index (χ0) is 13.0. The lowest BCUT2D eigenvalue weighted by Crippen LogP contribution is -2.22. The van der Waals surface area contributed by atoms with Gasteiger partial charge in [0.25, 0.3) is 0 Å². The lowest BCUT2D eigenvalue weighted by atomic mass is 10.2. The Morgan fingerprint density at radius 2 is 2.28 bits per heavy atom. The summed E-state index contributed by atoms with van der Waals surface area (Å²) in [7, 11) is 1.97. The maximum absolute atomic E-state index is 11.5. The number of rotatable bonds is 5. The van der Waals surface area contributed by atoms with Crippen molar-refractivity contribution in [1.29, 1.82) is 0 Å². The molecule has 2 aromatic rings. The molecule has 0 fully saturated rings. The quantitative estimate of drug-likeness (QED) is 0.879. The Morgan fingerprint density at radius 3 is 3.06 bits per heavy atom. The average molecular weight is 245 g/mol. The second-order valence-corrected chi connectivity index (χ2v) is 4.56. The van der Waals surface area contributed by atoms with E-state index in [4.69, 9.17) is 0 Å². The summed E-state index contributed by atoms with van der Waals surface area (Å²) in [5.74, 6) is 0.123. The number of carbonyl (C=O) groups is 1. The van der Waals surface area contributed by atoms with Crippen molar-refractivity contribution in [2.75, 3.05) is 0 Å². The number of nitrogens with one attached hydrogen (secondary N) is 1. The number of aryl methyl sites for hydroxylation is 1.